The summed E-state index contributed by atoms with van der Waals surface area (Å²) in [5.74, 6) is -2.17. The molecule has 0 heterocycles. The number of esters is 1. The minimum Gasteiger partial charge on any atom is -0.466 e. The highest BCUT2D eigenvalue weighted by atomic mass is 19.3. The van der Waals surface area contributed by atoms with Gasteiger partial charge in [-0.3, -0.25) is 4.79 Å². The van der Waals surface area contributed by atoms with Gasteiger partial charge in [-0.05, 0) is 18.6 Å². The van der Waals surface area contributed by atoms with E-state index in [0.29, 0.717) is 6.07 Å². The summed E-state index contributed by atoms with van der Waals surface area (Å²) >= 11 is 0. The number of halogens is 3. The molecule has 0 aliphatic heterocycles. The highest BCUT2D eigenvalue weighted by Crippen LogP contribution is 2.23. The molecule has 4 nitrogen and oxygen atoms in total. The van der Waals surface area contributed by atoms with Crippen LogP contribution < -0.4 is 4.74 Å². The third-order valence-electron chi connectivity index (χ3n) is 2.12. The fraction of sp³-hybridized carbons (Fsp3) is 0.333. The Balaban J connectivity index is 3.08. The molecule has 102 valence electrons. The fourth-order valence-corrected chi connectivity index (χ4v) is 1.44. The zero-order valence-electron chi connectivity index (χ0n) is 9.95. The number of benzene rings is 1. The van der Waals surface area contributed by atoms with Crippen LogP contribution in [-0.4, -0.2) is 19.2 Å². The molecule has 1 aromatic rings. The lowest BCUT2D eigenvalue weighted by Gasteiger charge is -2.09. The Morgan fingerprint density at radius 1 is 1.47 bits per heavy atom. The molecule has 0 saturated carbocycles. The minimum absolute atomic E-state index is 0.0587. The number of carbonyl (C=O) groups is 1. The van der Waals surface area contributed by atoms with Crippen molar-refractivity contribution in [1.29, 1.82) is 5.26 Å². The Labute approximate surface area is 107 Å². The molecule has 0 aliphatic carbocycles. The monoisotopic (exact) mass is 273 g/mol. The topological polar surface area (TPSA) is 59.3 Å². The molecule has 0 N–H and O–H groups in total. The van der Waals surface area contributed by atoms with E-state index in [4.69, 9.17) is 5.26 Å². The lowest BCUT2D eigenvalue weighted by Crippen LogP contribution is -2.10. The molecule has 0 aliphatic rings. The Hall–Kier alpha value is -2.23. The number of nitrogens with zero attached hydrogens (tertiary/aromatic N) is 1. The van der Waals surface area contributed by atoms with Crippen LogP contribution in [0.2, 0.25) is 0 Å². The van der Waals surface area contributed by atoms with Gasteiger partial charge < -0.3 is 9.47 Å². The van der Waals surface area contributed by atoms with Crippen molar-refractivity contribution in [2.45, 2.75) is 20.0 Å². The summed E-state index contributed by atoms with van der Waals surface area (Å²) in [6, 6.07) is 3.25. The third-order valence-corrected chi connectivity index (χ3v) is 2.12. The molecule has 0 spiro atoms. The van der Waals surface area contributed by atoms with Crippen LogP contribution in [0, 0.1) is 17.1 Å². The van der Waals surface area contributed by atoms with Crippen molar-refractivity contribution in [2.24, 2.45) is 0 Å². The third kappa shape index (κ3) is 4.17. The first-order valence-electron chi connectivity index (χ1n) is 5.30. The van der Waals surface area contributed by atoms with E-state index < -0.39 is 36.1 Å². The van der Waals surface area contributed by atoms with Crippen molar-refractivity contribution >= 4 is 5.97 Å². The van der Waals surface area contributed by atoms with E-state index in [2.05, 4.69) is 9.47 Å². The van der Waals surface area contributed by atoms with E-state index in [1.54, 1.807) is 13.0 Å². The van der Waals surface area contributed by atoms with E-state index in [1.807, 2.05) is 0 Å². The average Bonchev–Trinajstić information content (AvgIpc) is 2.27. The molecular formula is C12H10F3NO3. The molecule has 0 unspecified atom stereocenters. The standard InChI is InChI=1S/C12H10F3NO3/c1-2-18-11(17)4-7-3-8(19-12(14)15)5-10(13)9(7)6-16/h3,5,12H,2,4H2,1H3. The molecule has 0 fully saturated rings. The Morgan fingerprint density at radius 3 is 2.68 bits per heavy atom. The molecule has 0 atom stereocenters. The number of ether oxygens (including phenoxy) is 2. The van der Waals surface area contributed by atoms with Crippen molar-refractivity contribution < 1.29 is 27.4 Å². The van der Waals surface area contributed by atoms with Gasteiger partial charge in [0.2, 0.25) is 0 Å². The highest BCUT2D eigenvalue weighted by molar-refractivity contribution is 5.73. The second-order valence-corrected chi connectivity index (χ2v) is 3.41. The first-order valence-corrected chi connectivity index (χ1v) is 5.30. The van der Waals surface area contributed by atoms with Crippen molar-refractivity contribution in [3.8, 4) is 11.8 Å². The van der Waals surface area contributed by atoms with E-state index >= 15 is 0 Å². The molecule has 0 bridgehead atoms. The molecule has 1 aromatic carbocycles. The second kappa shape index (κ2) is 6.64. The van der Waals surface area contributed by atoms with Gasteiger partial charge in [-0.2, -0.15) is 14.0 Å². The van der Waals surface area contributed by atoms with E-state index in [-0.39, 0.29) is 12.2 Å². The maximum absolute atomic E-state index is 13.5. The molecule has 0 radical (unpaired) electrons. The van der Waals surface area contributed by atoms with Crippen LogP contribution in [0.25, 0.3) is 0 Å². The number of carbonyl (C=O) groups excluding carboxylic acids is 1. The van der Waals surface area contributed by atoms with Crippen LogP contribution >= 0.6 is 0 Å². The lowest BCUT2D eigenvalue weighted by atomic mass is 10.0. The van der Waals surface area contributed by atoms with Crippen molar-refractivity contribution in [1.82, 2.24) is 0 Å². The SMILES string of the molecule is CCOC(=O)Cc1cc(OC(F)F)cc(F)c1C#N. The largest absolute Gasteiger partial charge is 0.466 e. The van der Waals surface area contributed by atoms with Crippen LogP contribution in [-0.2, 0) is 16.0 Å². The number of nitriles is 1. The Kier molecular flexibility index (Phi) is 5.18. The quantitative estimate of drug-likeness (QED) is 0.773. The van der Waals surface area contributed by atoms with Gasteiger partial charge in [-0.15, -0.1) is 0 Å². The van der Waals surface area contributed by atoms with Crippen molar-refractivity contribution in [3.63, 3.8) is 0 Å². The van der Waals surface area contributed by atoms with Crippen molar-refractivity contribution in [2.75, 3.05) is 6.61 Å². The van der Waals surface area contributed by atoms with Crippen LogP contribution in [0.3, 0.4) is 0 Å². The van der Waals surface area contributed by atoms with Crippen LogP contribution in [0.1, 0.15) is 18.1 Å². The Morgan fingerprint density at radius 2 is 2.16 bits per heavy atom. The summed E-state index contributed by atoms with van der Waals surface area (Å²) in [6.45, 7) is -1.42. The summed E-state index contributed by atoms with van der Waals surface area (Å²) in [5, 5.41) is 8.78. The molecule has 0 amide bonds. The Bertz CT molecular complexity index is 512. The van der Waals surface area contributed by atoms with E-state index in [0.717, 1.165) is 6.07 Å². The van der Waals surface area contributed by atoms with Crippen LogP contribution in [0.5, 0.6) is 5.75 Å². The van der Waals surface area contributed by atoms with Gasteiger partial charge in [0, 0.05) is 6.07 Å². The second-order valence-electron chi connectivity index (χ2n) is 3.41. The van der Waals surface area contributed by atoms with Gasteiger partial charge in [0.15, 0.2) is 0 Å². The maximum Gasteiger partial charge on any atom is 0.387 e. The zero-order chi connectivity index (χ0) is 14.4. The van der Waals surface area contributed by atoms with Gasteiger partial charge in [-0.1, -0.05) is 0 Å². The van der Waals surface area contributed by atoms with Gasteiger partial charge >= 0.3 is 12.6 Å². The predicted molar refractivity (Wildman–Crippen MR) is 58.1 cm³/mol. The van der Waals surface area contributed by atoms with E-state index in [9.17, 15) is 18.0 Å². The maximum atomic E-state index is 13.5. The van der Waals surface area contributed by atoms with Gasteiger partial charge in [0.05, 0.1) is 18.6 Å². The smallest absolute Gasteiger partial charge is 0.387 e. The summed E-state index contributed by atoms with van der Waals surface area (Å²) in [7, 11) is 0. The molecule has 0 aromatic heterocycles. The van der Waals surface area contributed by atoms with Gasteiger partial charge in [0.1, 0.15) is 17.6 Å². The molecule has 1 rings (SSSR count). The normalized spacial score (nSPS) is 10.1. The predicted octanol–water partition coefficient (Wildman–Crippen LogP) is 2.40. The summed E-state index contributed by atoms with van der Waals surface area (Å²) in [5.41, 5.74) is -0.453. The fourth-order valence-electron chi connectivity index (χ4n) is 1.44. The zero-order valence-corrected chi connectivity index (χ0v) is 9.95. The van der Waals surface area contributed by atoms with Crippen molar-refractivity contribution in [3.05, 3.63) is 29.1 Å². The summed E-state index contributed by atoms with van der Waals surface area (Å²) in [6.07, 6.45) is -0.395. The van der Waals surface area contributed by atoms with Crippen LogP contribution in [0.15, 0.2) is 12.1 Å². The average molecular weight is 273 g/mol. The lowest BCUT2D eigenvalue weighted by molar-refractivity contribution is -0.142. The molecule has 19 heavy (non-hydrogen) atoms. The van der Waals surface area contributed by atoms with Gasteiger partial charge in [-0.25, -0.2) is 4.39 Å². The number of alkyl halides is 2. The summed E-state index contributed by atoms with van der Waals surface area (Å²) < 4.78 is 46.3. The number of hydrogen-bond acceptors (Lipinski definition) is 4. The first-order chi connectivity index (χ1) is 8.97. The number of hydrogen-bond donors (Lipinski definition) is 0. The minimum atomic E-state index is -3.12. The highest BCUT2D eigenvalue weighted by Gasteiger charge is 2.16. The number of rotatable bonds is 5. The molecular weight excluding hydrogens is 263 g/mol. The van der Waals surface area contributed by atoms with E-state index in [1.165, 1.54) is 0 Å². The first kappa shape index (κ1) is 14.8. The van der Waals surface area contributed by atoms with Crippen LogP contribution in [0.4, 0.5) is 13.2 Å². The molecule has 0 saturated heterocycles. The van der Waals surface area contributed by atoms with Gasteiger partial charge in [0.25, 0.3) is 0 Å². The molecule has 7 heteroatoms. The summed E-state index contributed by atoms with van der Waals surface area (Å²) in [4.78, 5) is 11.3.